The van der Waals surface area contributed by atoms with Gasteiger partial charge in [-0.05, 0) is 104 Å². The van der Waals surface area contributed by atoms with Gasteiger partial charge in [-0.3, -0.25) is 4.90 Å². The number of hydrogen-bond acceptors (Lipinski definition) is 5. The van der Waals surface area contributed by atoms with Gasteiger partial charge in [0, 0.05) is 32.6 Å². The number of allylic oxidation sites excluding steroid dienone is 1. The van der Waals surface area contributed by atoms with Crippen LogP contribution in [-0.2, 0) is 4.74 Å². The third-order valence-electron chi connectivity index (χ3n) is 15.0. The minimum atomic E-state index is -0.410. The largest absolute Gasteiger partial charge is 0.446 e. The highest BCUT2D eigenvalue weighted by Gasteiger charge is 2.59. The predicted molar refractivity (Wildman–Crippen MR) is 217 cm³/mol. The minimum Gasteiger partial charge on any atom is -0.446 e. The van der Waals surface area contributed by atoms with Crippen LogP contribution >= 0.6 is 0 Å². The van der Waals surface area contributed by atoms with Gasteiger partial charge in [-0.15, -0.1) is 0 Å². The molecule has 0 bridgehead atoms. The first-order valence-electron chi connectivity index (χ1n) is 22.6. The molecule has 3 unspecified atom stereocenters. The van der Waals surface area contributed by atoms with Gasteiger partial charge in [-0.1, -0.05) is 131 Å². The normalized spacial score (nSPS) is 31.8. The second-order valence-electron chi connectivity index (χ2n) is 19.3. The number of ether oxygens (including phenoxy) is 1. The Morgan fingerprint density at radius 2 is 1.52 bits per heavy atom. The summed E-state index contributed by atoms with van der Waals surface area (Å²) in [6.45, 7) is 19.1. The number of unbranched alkanes of at least 4 members (excludes halogenated alkanes) is 6. The molecule has 302 valence electrons. The number of rotatable bonds is 23. The molecule has 6 heteroatoms. The van der Waals surface area contributed by atoms with Crippen molar-refractivity contribution in [1.29, 1.82) is 0 Å². The fraction of sp³-hybridized carbons (Fsp3) is 0.935. The molecule has 0 aliphatic heterocycles. The zero-order chi connectivity index (χ0) is 37.7. The molecule has 4 rings (SSSR count). The lowest BCUT2D eigenvalue weighted by Gasteiger charge is -2.58. The van der Waals surface area contributed by atoms with E-state index in [0.29, 0.717) is 31.6 Å². The average Bonchev–Trinajstić information content (AvgIpc) is 3.46. The molecule has 0 spiro atoms. The smallest absolute Gasteiger partial charge is 0.407 e. The van der Waals surface area contributed by atoms with Gasteiger partial charge in [-0.2, -0.15) is 0 Å². The molecule has 0 radical (unpaired) electrons. The number of fused-ring (bicyclic) bond motifs is 5. The molecule has 3 N–H and O–H groups in total. The predicted octanol–water partition coefficient (Wildman–Crippen LogP) is 11.1. The minimum absolute atomic E-state index is 0.0572. The average molecular weight is 729 g/mol. The maximum atomic E-state index is 13.1. The van der Waals surface area contributed by atoms with Gasteiger partial charge < -0.3 is 20.3 Å². The van der Waals surface area contributed by atoms with Crippen LogP contribution in [0.3, 0.4) is 0 Å². The summed E-state index contributed by atoms with van der Waals surface area (Å²) in [6, 6.07) is 0. The highest BCUT2D eigenvalue weighted by molar-refractivity contribution is 5.67. The lowest BCUT2D eigenvalue weighted by atomic mass is 9.47. The fourth-order valence-electron chi connectivity index (χ4n) is 11.9. The summed E-state index contributed by atoms with van der Waals surface area (Å²) in [5, 5.41) is 24.6. The Morgan fingerprint density at radius 3 is 2.15 bits per heavy atom. The van der Waals surface area contributed by atoms with E-state index in [2.05, 4.69) is 64.8 Å². The maximum Gasteiger partial charge on any atom is 0.407 e. The van der Waals surface area contributed by atoms with Crippen molar-refractivity contribution < 1.29 is 19.7 Å². The highest BCUT2D eigenvalue weighted by Crippen LogP contribution is 2.67. The lowest BCUT2D eigenvalue weighted by Crippen LogP contribution is -2.51. The van der Waals surface area contributed by atoms with E-state index in [1.165, 1.54) is 77.0 Å². The van der Waals surface area contributed by atoms with Gasteiger partial charge >= 0.3 is 6.09 Å². The van der Waals surface area contributed by atoms with E-state index >= 15 is 0 Å². The van der Waals surface area contributed by atoms with Crippen LogP contribution in [-0.4, -0.2) is 65.7 Å². The summed E-state index contributed by atoms with van der Waals surface area (Å²) in [5.41, 5.74) is 2.31. The topological polar surface area (TPSA) is 82.0 Å². The number of carbonyl (C=O) groups excluding carboxylic acids is 1. The van der Waals surface area contributed by atoms with Crippen molar-refractivity contribution in [2.45, 2.75) is 202 Å². The summed E-state index contributed by atoms with van der Waals surface area (Å²) in [5.74, 6) is 4.99. The summed E-state index contributed by atoms with van der Waals surface area (Å²) < 4.78 is 6.08. The monoisotopic (exact) mass is 729 g/mol. The van der Waals surface area contributed by atoms with E-state index in [4.69, 9.17) is 4.74 Å². The van der Waals surface area contributed by atoms with E-state index in [-0.39, 0.29) is 17.6 Å². The highest BCUT2D eigenvalue weighted by atomic mass is 16.6. The van der Waals surface area contributed by atoms with Gasteiger partial charge in [-0.25, -0.2) is 4.79 Å². The second kappa shape index (κ2) is 21.3. The molecule has 1 amide bonds. The van der Waals surface area contributed by atoms with Crippen LogP contribution in [0, 0.1) is 46.3 Å². The van der Waals surface area contributed by atoms with Gasteiger partial charge in [0.1, 0.15) is 6.10 Å². The molecule has 4 aliphatic rings. The molecule has 52 heavy (non-hydrogen) atoms. The molecule has 3 saturated carbocycles. The molecule has 10 atom stereocenters. The molecule has 0 heterocycles. The van der Waals surface area contributed by atoms with E-state index in [9.17, 15) is 15.0 Å². The van der Waals surface area contributed by atoms with E-state index < -0.39 is 12.2 Å². The lowest BCUT2D eigenvalue weighted by molar-refractivity contribution is -0.0581. The first-order chi connectivity index (χ1) is 24.9. The molecular weight excluding hydrogens is 645 g/mol. The zero-order valence-electron chi connectivity index (χ0n) is 35.1. The van der Waals surface area contributed by atoms with Gasteiger partial charge in [0.15, 0.2) is 0 Å². The molecule has 0 saturated heterocycles. The molecule has 0 aromatic heterocycles. The van der Waals surface area contributed by atoms with E-state index in [1.54, 1.807) is 5.57 Å². The van der Waals surface area contributed by atoms with Crippen LogP contribution in [0.1, 0.15) is 183 Å². The van der Waals surface area contributed by atoms with Crippen LogP contribution < -0.4 is 5.32 Å². The third-order valence-corrected chi connectivity index (χ3v) is 15.0. The Balaban J connectivity index is 1.26. The van der Waals surface area contributed by atoms with Gasteiger partial charge in [0.25, 0.3) is 0 Å². The SMILES string of the molecule is CCCCCCC(O)CN(CCNC(=O)O[C@H]1CC[C@@]2(C)C(=CC[C@H]3C4CC[C@H]([C@H](C)CCCC(C)C)[C@@]4(C)CC[C@@H]32)C1)CC(O)CCCCCC. The van der Waals surface area contributed by atoms with Crippen LogP contribution in [0.15, 0.2) is 11.6 Å². The van der Waals surface area contributed by atoms with Crippen LogP contribution in [0.4, 0.5) is 4.79 Å². The summed E-state index contributed by atoms with van der Waals surface area (Å²) in [7, 11) is 0. The van der Waals surface area contributed by atoms with Crippen LogP contribution in [0.25, 0.3) is 0 Å². The number of nitrogens with one attached hydrogen (secondary N) is 1. The molecular formula is C46H84N2O4. The number of alkyl carbamates (subject to hydrolysis) is 1. The fourth-order valence-corrected chi connectivity index (χ4v) is 11.9. The molecule has 6 nitrogen and oxygen atoms in total. The quantitative estimate of drug-likeness (QED) is 0.0721. The summed E-state index contributed by atoms with van der Waals surface area (Å²) >= 11 is 0. The third kappa shape index (κ3) is 11.9. The number of aliphatic hydroxyl groups excluding tert-OH is 2. The Kier molecular flexibility index (Phi) is 17.8. The summed E-state index contributed by atoms with van der Waals surface area (Å²) in [4.78, 5) is 15.2. The second-order valence-corrected chi connectivity index (χ2v) is 19.3. The van der Waals surface area contributed by atoms with Gasteiger partial charge in [0.2, 0.25) is 0 Å². The van der Waals surface area contributed by atoms with Crippen molar-refractivity contribution in [3.63, 3.8) is 0 Å². The Bertz CT molecular complexity index is 1060. The van der Waals surface area contributed by atoms with Crippen LogP contribution in [0.2, 0.25) is 0 Å². The first-order valence-corrected chi connectivity index (χ1v) is 22.6. The van der Waals surface area contributed by atoms with Crippen molar-refractivity contribution in [3.8, 4) is 0 Å². The zero-order valence-corrected chi connectivity index (χ0v) is 35.1. The van der Waals surface area contributed by atoms with Crippen molar-refractivity contribution in [3.05, 3.63) is 11.6 Å². The van der Waals surface area contributed by atoms with Crippen molar-refractivity contribution >= 4 is 6.09 Å². The number of nitrogens with zero attached hydrogens (tertiary/aromatic N) is 1. The molecule has 4 aliphatic carbocycles. The van der Waals surface area contributed by atoms with E-state index in [1.807, 2.05) is 0 Å². The van der Waals surface area contributed by atoms with Crippen molar-refractivity contribution in [2.75, 3.05) is 26.2 Å². The van der Waals surface area contributed by atoms with Crippen molar-refractivity contribution in [2.24, 2.45) is 46.3 Å². The molecule has 0 aromatic carbocycles. The number of amides is 1. The Labute approximate surface area is 321 Å². The summed E-state index contributed by atoms with van der Waals surface area (Å²) in [6.07, 6.45) is 26.1. The number of aliphatic hydroxyl groups is 2. The van der Waals surface area contributed by atoms with E-state index in [0.717, 1.165) is 93.3 Å². The van der Waals surface area contributed by atoms with Crippen molar-refractivity contribution in [1.82, 2.24) is 10.2 Å². The van der Waals surface area contributed by atoms with Gasteiger partial charge in [0.05, 0.1) is 12.2 Å². The Hall–Kier alpha value is -1.11. The number of carbonyl (C=O) groups is 1. The molecule has 3 fully saturated rings. The van der Waals surface area contributed by atoms with Crippen LogP contribution in [0.5, 0.6) is 0 Å². The standard InChI is InChI=1S/C46H84N2O4/c1-8-10-12-14-19-37(49)32-48(33-38(50)20-15-13-11-9-2)30-29-47-44(51)52-39-25-27-45(6)36(31-39)21-22-40-42-24-23-41(35(5)18-16-17-34(3)4)46(42,7)28-26-43(40)45/h21,34-35,37-43,49-50H,8-20,22-33H2,1-7H3,(H,47,51)/t35-,37?,38?,39+,40+,41-,42?,43+,45+,46-/m1/s1. The number of hydrogen-bond donors (Lipinski definition) is 3. The molecule has 0 aromatic rings. The first kappa shape index (κ1) is 43.6. The Morgan fingerprint density at radius 1 is 0.846 bits per heavy atom. The maximum absolute atomic E-state index is 13.1.